The molecule has 0 spiro atoms. The van der Waals surface area contributed by atoms with Crippen molar-refractivity contribution in [3.05, 3.63) is 11.8 Å². The molecule has 0 aromatic heterocycles. The van der Waals surface area contributed by atoms with Crippen molar-refractivity contribution in [2.24, 2.45) is 0 Å². The molecule has 1 aliphatic rings. The Morgan fingerprint density at radius 2 is 1.32 bits per heavy atom. The minimum atomic E-state index is -1.42. The highest BCUT2D eigenvalue weighted by atomic mass is 16.7. The zero-order valence-electron chi connectivity index (χ0n) is 20.4. The molecule has 192 valence electrons. The van der Waals surface area contributed by atoms with Crippen molar-refractivity contribution in [2.75, 3.05) is 13.2 Å². The van der Waals surface area contributed by atoms with E-state index >= 15 is 0 Å². The molecule has 0 bridgehead atoms. The van der Waals surface area contributed by atoms with Crippen LogP contribution in [0.5, 0.6) is 0 Å². The molecular formula is C22H32O12. The summed E-state index contributed by atoms with van der Waals surface area (Å²) < 4.78 is 37.7. The molecule has 0 amide bonds. The third-order valence-electron chi connectivity index (χ3n) is 4.32. The Morgan fingerprint density at radius 1 is 0.794 bits per heavy atom. The Morgan fingerprint density at radius 3 is 1.79 bits per heavy atom. The van der Waals surface area contributed by atoms with Crippen LogP contribution in [-0.2, 0) is 57.1 Å². The van der Waals surface area contributed by atoms with Gasteiger partial charge in [0, 0.05) is 27.7 Å². The van der Waals surface area contributed by atoms with Crippen LogP contribution in [0.2, 0.25) is 0 Å². The van der Waals surface area contributed by atoms with Crippen LogP contribution < -0.4 is 0 Å². The molecule has 1 rings (SSSR count). The predicted octanol–water partition coefficient (Wildman–Crippen LogP) is 0.984. The van der Waals surface area contributed by atoms with Crippen molar-refractivity contribution < 1.29 is 57.1 Å². The zero-order valence-corrected chi connectivity index (χ0v) is 20.4. The van der Waals surface area contributed by atoms with E-state index in [0.717, 1.165) is 27.0 Å². The molecule has 0 radical (unpaired) electrons. The molecule has 5 atom stereocenters. The maximum atomic E-state index is 12.0. The van der Waals surface area contributed by atoms with Crippen LogP contribution in [0.3, 0.4) is 0 Å². The summed E-state index contributed by atoms with van der Waals surface area (Å²) in [6.45, 7) is 8.95. The van der Waals surface area contributed by atoms with Gasteiger partial charge in [0.15, 0.2) is 18.0 Å². The number of ketones is 1. The molecule has 0 N–H and O–H groups in total. The van der Waals surface area contributed by atoms with Gasteiger partial charge in [0.2, 0.25) is 12.4 Å². The molecule has 1 saturated heterocycles. The van der Waals surface area contributed by atoms with E-state index in [1.165, 1.54) is 13.8 Å². The average Bonchev–Trinajstić information content (AvgIpc) is 2.68. The van der Waals surface area contributed by atoms with Gasteiger partial charge >= 0.3 is 23.9 Å². The molecule has 12 nitrogen and oxygen atoms in total. The normalized spacial score (nSPS) is 24.7. The van der Waals surface area contributed by atoms with Crippen LogP contribution in [0.15, 0.2) is 11.8 Å². The standard InChI is InChI=1S/C22H32O12/c1-11(2)28-8-17(12(3)23)9-30-22-21(33-16(7)27)20(32-15(6)26)19(31-14(5)25)18(34-22)10-29-13(4)24/h9,11,18-22H,8,10H2,1-7H3/b17-9+/t18-,19-,20+,21-,22-/m1/s1. The number of carbonyl (C=O) groups excluding carboxylic acids is 5. The fourth-order valence-electron chi connectivity index (χ4n) is 2.92. The highest BCUT2D eigenvalue weighted by Crippen LogP contribution is 2.30. The van der Waals surface area contributed by atoms with E-state index in [-0.39, 0.29) is 24.1 Å². The average molecular weight is 488 g/mol. The van der Waals surface area contributed by atoms with Gasteiger partial charge < -0.3 is 33.2 Å². The largest absolute Gasteiger partial charge is 0.468 e. The third kappa shape index (κ3) is 9.87. The smallest absolute Gasteiger partial charge is 0.303 e. The number of ether oxygens (including phenoxy) is 7. The first kappa shape index (κ1) is 29.0. The van der Waals surface area contributed by atoms with Crippen LogP contribution in [-0.4, -0.2) is 79.7 Å². The zero-order chi connectivity index (χ0) is 26.0. The molecule has 0 unspecified atom stereocenters. The van der Waals surface area contributed by atoms with Crippen LogP contribution in [0.4, 0.5) is 0 Å². The van der Waals surface area contributed by atoms with Gasteiger partial charge in [0.05, 0.1) is 24.5 Å². The lowest BCUT2D eigenvalue weighted by Gasteiger charge is -2.43. The van der Waals surface area contributed by atoms with Crippen molar-refractivity contribution in [1.82, 2.24) is 0 Å². The summed E-state index contributed by atoms with van der Waals surface area (Å²) in [7, 11) is 0. The quantitative estimate of drug-likeness (QED) is 0.176. The van der Waals surface area contributed by atoms with Crippen molar-refractivity contribution in [2.45, 2.75) is 85.3 Å². The van der Waals surface area contributed by atoms with Crippen molar-refractivity contribution in [3.8, 4) is 0 Å². The van der Waals surface area contributed by atoms with Crippen molar-refractivity contribution in [3.63, 3.8) is 0 Å². The summed E-state index contributed by atoms with van der Waals surface area (Å²) in [5.41, 5.74) is 0.154. The highest BCUT2D eigenvalue weighted by molar-refractivity contribution is 5.93. The van der Waals surface area contributed by atoms with E-state index < -0.39 is 61.2 Å². The molecule has 34 heavy (non-hydrogen) atoms. The van der Waals surface area contributed by atoms with Crippen LogP contribution in [0, 0.1) is 0 Å². The maximum Gasteiger partial charge on any atom is 0.303 e. The summed E-state index contributed by atoms with van der Waals surface area (Å²) in [5.74, 6) is -3.26. The van der Waals surface area contributed by atoms with Crippen molar-refractivity contribution in [1.29, 1.82) is 0 Å². The monoisotopic (exact) mass is 488 g/mol. The molecule has 1 fully saturated rings. The van der Waals surface area contributed by atoms with E-state index in [9.17, 15) is 24.0 Å². The van der Waals surface area contributed by atoms with Gasteiger partial charge in [0.25, 0.3) is 0 Å². The van der Waals surface area contributed by atoms with Gasteiger partial charge in [-0.15, -0.1) is 0 Å². The topological polar surface area (TPSA) is 150 Å². The van der Waals surface area contributed by atoms with E-state index in [0.29, 0.717) is 0 Å². The van der Waals surface area contributed by atoms with Crippen molar-refractivity contribution >= 4 is 29.7 Å². The van der Waals surface area contributed by atoms with Crippen LogP contribution in [0.25, 0.3) is 0 Å². The molecular weight excluding hydrogens is 456 g/mol. The lowest BCUT2D eigenvalue weighted by molar-refractivity contribution is -0.297. The Bertz CT molecular complexity index is 787. The second-order valence-corrected chi connectivity index (χ2v) is 7.76. The first-order chi connectivity index (χ1) is 15.8. The van der Waals surface area contributed by atoms with Gasteiger partial charge in [-0.25, -0.2) is 0 Å². The summed E-state index contributed by atoms with van der Waals surface area (Å²) in [6.07, 6.45) is -5.71. The first-order valence-electron chi connectivity index (χ1n) is 10.6. The molecule has 0 aromatic carbocycles. The maximum absolute atomic E-state index is 12.0. The van der Waals surface area contributed by atoms with Gasteiger partial charge in [0.1, 0.15) is 12.7 Å². The lowest BCUT2D eigenvalue weighted by Crippen LogP contribution is -2.62. The number of rotatable bonds is 11. The fourth-order valence-corrected chi connectivity index (χ4v) is 2.92. The molecule has 0 saturated carbocycles. The number of hydrogen-bond donors (Lipinski definition) is 0. The number of esters is 4. The SMILES string of the molecule is CC(=O)OC[C@H]1O[C@@H](O/C=C(\COC(C)C)C(C)=O)[C@H](OC(C)=O)[C@@H](OC(C)=O)[C@@H]1OC(C)=O. The van der Waals surface area contributed by atoms with Crippen LogP contribution in [0.1, 0.15) is 48.5 Å². The predicted molar refractivity (Wildman–Crippen MR) is 113 cm³/mol. The summed E-state index contributed by atoms with van der Waals surface area (Å²) in [5, 5.41) is 0. The minimum absolute atomic E-state index is 0.0573. The molecule has 12 heteroatoms. The van der Waals surface area contributed by atoms with Crippen LogP contribution >= 0.6 is 0 Å². The van der Waals surface area contributed by atoms with Gasteiger partial charge in [-0.2, -0.15) is 0 Å². The Labute approximate surface area is 197 Å². The summed E-state index contributed by atoms with van der Waals surface area (Å²) in [6, 6.07) is 0. The van der Waals surface area contributed by atoms with E-state index in [2.05, 4.69) is 0 Å². The third-order valence-corrected chi connectivity index (χ3v) is 4.32. The summed E-state index contributed by atoms with van der Waals surface area (Å²) >= 11 is 0. The number of Topliss-reactive ketones (excluding diaryl/α,β-unsaturated/α-hetero) is 1. The van der Waals surface area contributed by atoms with Gasteiger partial charge in [-0.05, 0) is 20.8 Å². The molecule has 0 aliphatic carbocycles. The lowest BCUT2D eigenvalue weighted by atomic mass is 9.98. The van der Waals surface area contributed by atoms with Gasteiger partial charge in [-0.1, -0.05) is 0 Å². The first-order valence-corrected chi connectivity index (χ1v) is 10.6. The Balaban J connectivity index is 3.38. The highest BCUT2D eigenvalue weighted by Gasteiger charge is 2.53. The van der Waals surface area contributed by atoms with Gasteiger partial charge in [-0.3, -0.25) is 24.0 Å². The Hall–Kier alpha value is -2.99. The molecule has 0 aromatic rings. The number of carbonyl (C=O) groups is 5. The minimum Gasteiger partial charge on any atom is -0.468 e. The molecule has 1 heterocycles. The van der Waals surface area contributed by atoms with E-state index in [1.54, 1.807) is 13.8 Å². The Kier molecular flexibility index (Phi) is 11.7. The fraction of sp³-hybridized carbons (Fsp3) is 0.682. The summed E-state index contributed by atoms with van der Waals surface area (Å²) in [4.78, 5) is 58.7. The second kappa shape index (κ2) is 13.7. The number of hydrogen-bond acceptors (Lipinski definition) is 12. The second-order valence-electron chi connectivity index (χ2n) is 7.76. The van der Waals surface area contributed by atoms with E-state index in [1.807, 2.05) is 0 Å². The molecule has 1 aliphatic heterocycles. The van der Waals surface area contributed by atoms with E-state index in [4.69, 9.17) is 33.2 Å².